The van der Waals surface area contributed by atoms with Crippen LogP contribution in [0.25, 0.3) is 5.76 Å². The van der Waals surface area contributed by atoms with E-state index in [1.165, 1.54) is 12.4 Å². The highest BCUT2D eigenvalue weighted by Crippen LogP contribution is 2.39. The topological polar surface area (TPSA) is 83.4 Å². The highest BCUT2D eigenvalue weighted by Gasteiger charge is 2.45. The average Bonchev–Trinajstić information content (AvgIpc) is 2.94. The molecule has 0 radical (unpaired) electrons. The minimum absolute atomic E-state index is 0.102. The molecule has 1 amide bonds. The molecule has 6 nitrogen and oxygen atoms in total. The molecule has 0 aromatic carbocycles. The Labute approximate surface area is 152 Å². The number of carbonyl (C=O) groups excluding carboxylic acids is 2. The molecule has 6 heteroatoms. The van der Waals surface area contributed by atoms with Gasteiger partial charge in [-0.15, -0.1) is 0 Å². The second-order valence-electron chi connectivity index (χ2n) is 6.22. The van der Waals surface area contributed by atoms with E-state index >= 15 is 0 Å². The first kappa shape index (κ1) is 17.8. The van der Waals surface area contributed by atoms with Gasteiger partial charge in [-0.3, -0.25) is 19.6 Å². The monoisotopic (exact) mass is 351 g/mol. The number of unbranched alkanes of at least 4 members (excludes halogenated alkanes) is 2. The van der Waals surface area contributed by atoms with Gasteiger partial charge in [0.1, 0.15) is 5.76 Å². The van der Waals surface area contributed by atoms with E-state index < -0.39 is 17.7 Å². The highest BCUT2D eigenvalue weighted by molar-refractivity contribution is 6.46. The first-order valence-corrected chi connectivity index (χ1v) is 8.74. The summed E-state index contributed by atoms with van der Waals surface area (Å²) >= 11 is 0. The summed E-state index contributed by atoms with van der Waals surface area (Å²) in [6.07, 6.45) is 9.11. The summed E-state index contributed by atoms with van der Waals surface area (Å²) in [5.41, 5.74) is 1.27. The minimum atomic E-state index is -0.662. The average molecular weight is 351 g/mol. The van der Waals surface area contributed by atoms with Crippen molar-refractivity contribution in [2.75, 3.05) is 6.54 Å². The Morgan fingerprint density at radius 2 is 1.88 bits per heavy atom. The molecule has 3 heterocycles. The van der Waals surface area contributed by atoms with Crippen molar-refractivity contribution in [2.24, 2.45) is 0 Å². The number of nitrogens with zero attached hydrogens (tertiary/aromatic N) is 3. The molecule has 1 aliphatic rings. The number of carbonyl (C=O) groups is 2. The fourth-order valence-corrected chi connectivity index (χ4v) is 3.19. The van der Waals surface area contributed by atoms with Crippen molar-refractivity contribution in [3.8, 4) is 0 Å². The number of amides is 1. The molecule has 134 valence electrons. The van der Waals surface area contributed by atoms with E-state index in [1.807, 2.05) is 6.07 Å². The van der Waals surface area contributed by atoms with Gasteiger partial charge in [0.15, 0.2) is 0 Å². The fourth-order valence-electron chi connectivity index (χ4n) is 3.19. The number of hydrogen-bond donors (Lipinski definition) is 1. The lowest BCUT2D eigenvalue weighted by molar-refractivity contribution is -0.139. The third kappa shape index (κ3) is 3.35. The number of likely N-dealkylation sites (tertiary alicyclic amines) is 1. The number of hydrogen-bond acceptors (Lipinski definition) is 5. The van der Waals surface area contributed by atoms with Crippen LogP contribution in [0.4, 0.5) is 0 Å². The number of ketones is 1. The first-order chi connectivity index (χ1) is 12.6. The third-order valence-electron chi connectivity index (χ3n) is 4.50. The molecule has 26 heavy (non-hydrogen) atoms. The molecule has 1 N–H and O–H groups in total. The second-order valence-corrected chi connectivity index (χ2v) is 6.22. The van der Waals surface area contributed by atoms with Crippen LogP contribution < -0.4 is 0 Å². The van der Waals surface area contributed by atoms with Crippen molar-refractivity contribution in [1.29, 1.82) is 0 Å². The predicted molar refractivity (Wildman–Crippen MR) is 97.0 cm³/mol. The normalized spacial score (nSPS) is 19.1. The molecule has 1 aliphatic heterocycles. The Kier molecular flexibility index (Phi) is 5.41. The highest BCUT2D eigenvalue weighted by atomic mass is 16.3. The quantitative estimate of drug-likeness (QED) is 0.374. The van der Waals surface area contributed by atoms with Gasteiger partial charge in [-0.2, -0.15) is 0 Å². The van der Waals surface area contributed by atoms with Gasteiger partial charge < -0.3 is 10.0 Å². The number of Topliss-reactive ketones (excluding diaryl/α,β-unsaturated/α-hetero) is 1. The predicted octanol–water partition coefficient (Wildman–Crippen LogP) is 3.09. The lowest BCUT2D eigenvalue weighted by Crippen LogP contribution is -2.30. The maximum atomic E-state index is 12.7. The van der Waals surface area contributed by atoms with Gasteiger partial charge in [-0.25, -0.2) is 0 Å². The molecule has 0 aliphatic carbocycles. The lowest BCUT2D eigenvalue weighted by atomic mass is 9.96. The van der Waals surface area contributed by atoms with Gasteiger partial charge in [0, 0.05) is 36.9 Å². The van der Waals surface area contributed by atoms with E-state index in [2.05, 4.69) is 16.9 Å². The molecule has 0 spiro atoms. The van der Waals surface area contributed by atoms with Crippen molar-refractivity contribution in [2.45, 2.75) is 32.2 Å². The zero-order valence-corrected chi connectivity index (χ0v) is 14.6. The van der Waals surface area contributed by atoms with Crippen LogP contribution in [0.15, 0.2) is 54.6 Å². The molecular formula is C20H21N3O3. The minimum Gasteiger partial charge on any atom is -0.507 e. The fraction of sp³-hybridized carbons (Fsp3) is 0.300. The number of aliphatic hydroxyl groups excluding tert-OH is 1. The Hall–Kier alpha value is -3.02. The van der Waals surface area contributed by atoms with Crippen molar-refractivity contribution in [1.82, 2.24) is 14.9 Å². The third-order valence-corrected chi connectivity index (χ3v) is 4.50. The van der Waals surface area contributed by atoms with Crippen LogP contribution in [0.1, 0.15) is 43.4 Å². The van der Waals surface area contributed by atoms with Gasteiger partial charge in [0.2, 0.25) is 0 Å². The van der Waals surface area contributed by atoms with Crippen LogP contribution in [0.2, 0.25) is 0 Å². The van der Waals surface area contributed by atoms with Crippen LogP contribution >= 0.6 is 0 Å². The SMILES string of the molecule is CCCCCN1C(=O)C(=O)/C(=C(\O)c2ccncc2)C1c1cccnc1. The number of aliphatic hydroxyl groups is 1. The lowest BCUT2D eigenvalue weighted by Gasteiger charge is -2.25. The van der Waals surface area contributed by atoms with E-state index in [4.69, 9.17) is 0 Å². The summed E-state index contributed by atoms with van der Waals surface area (Å²) in [5, 5.41) is 10.8. The molecule has 1 unspecified atom stereocenters. The van der Waals surface area contributed by atoms with Gasteiger partial charge >= 0.3 is 0 Å². The zero-order valence-electron chi connectivity index (χ0n) is 14.6. The summed E-state index contributed by atoms with van der Waals surface area (Å²) in [6.45, 7) is 2.54. The van der Waals surface area contributed by atoms with Crippen molar-refractivity contribution in [3.63, 3.8) is 0 Å². The van der Waals surface area contributed by atoms with Gasteiger partial charge in [-0.1, -0.05) is 25.8 Å². The second kappa shape index (κ2) is 7.91. The van der Waals surface area contributed by atoms with Crippen molar-refractivity contribution < 1.29 is 14.7 Å². The van der Waals surface area contributed by atoms with Gasteiger partial charge in [0.25, 0.3) is 11.7 Å². The van der Waals surface area contributed by atoms with Crippen LogP contribution in [0.3, 0.4) is 0 Å². The zero-order chi connectivity index (χ0) is 18.5. The molecule has 0 bridgehead atoms. The van der Waals surface area contributed by atoms with Crippen LogP contribution in [-0.4, -0.2) is 38.2 Å². The first-order valence-electron chi connectivity index (χ1n) is 8.74. The van der Waals surface area contributed by atoms with E-state index in [1.54, 1.807) is 35.5 Å². The number of pyridine rings is 2. The van der Waals surface area contributed by atoms with E-state index in [9.17, 15) is 14.7 Å². The maximum absolute atomic E-state index is 12.7. The molecular weight excluding hydrogens is 330 g/mol. The Bertz CT molecular complexity index is 819. The maximum Gasteiger partial charge on any atom is 0.295 e. The Balaban J connectivity index is 2.09. The molecule has 1 fully saturated rings. The van der Waals surface area contributed by atoms with Crippen LogP contribution in [0, 0.1) is 0 Å². The van der Waals surface area contributed by atoms with E-state index in [0.29, 0.717) is 17.7 Å². The van der Waals surface area contributed by atoms with Crippen LogP contribution in [0.5, 0.6) is 0 Å². The Morgan fingerprint density at radius 3 is 2.54 bits per heavy atom. The standard InChI is InChI=1S/C20H21N3O3/c1-2-3-4-12-23-17(15-6-5-9-22-13-15)16(19(25)20(23)26)18(24)14-7-10-21-11-8-14/h5-11,13,17,24H,2-4,12H2,1H3/b18-16-. The molecule has 2 aromatic rings. The summed E-state index contributed by atoms with van der Waals surface area (Å²) in [6, 6.07) is 6.17. The number of aromatic nitrogens is 2. The van der Waals surface area contributed by atoms with Crippen molar-refractivity contribution in [3.05, 3.63) is 65.8 Å². The van der Waals surface area contributed by atoms with Gasteiger partial charge in [0.05, 0.1) is 11.6 Å². The van der Waals surface area contributed by atoms with Crippen molar-refractivity contribution >= 4 is 17.4 Å². The van der Waals surface area contributed by atoms with Gasteiger partial charge in [-0.05, 0) is 30.2 Å². The van der Waals surface area contributed by atoms with Crippen LogP contribution in [-0.2, 0) is 9.59 Å². The summed E-state index contributed by atoms with van der Waals surface area (Å²) in [4.78, 5) is 34.9. The summed E-state index contributed by atoms with van der Waals surface area (Å²) in [5.74, 6) is -1.42. The summed E-state index contributed by atoms with van der Waals surface area (Å²) < 4.78 is 0. The smallest absolute Gasteiger partial charge is 0.295 e. The summed E-state index contributed by atoms with van der Waals surface area (Å²) in [7, 11) is 0. The molecule has 0 saturated carbocycles. The molecule has 1 atom stereocenters. The van der Waals surface area contributed by atoms with E-state index in [0.717, 1.165) is 19.3 Å². The Morgan fingerprint density at radius 1 is 1.12 bits per heavy atom. The molecule has 3 rings (SSSR count). The molecule has 1 saturated heterocycles. The number of rotatable bonds is 6. The molecule has 2 aromatic heterocycles. The van der Waals surface area contributed by atoms with E-state index in [-0.39, 0.29) is 11.3 Å². The largest absolute Gasteiger partial charge is 0.507 e.